The lowest BCUT2D eigenvalue weighted by Crippen LogP contribution is -2.56. The number of piperazine rings is 2. The lowest BCUT2D eigenvalue weighted by Gasteiger charge is -2.43. The molecule has 12 heteroatoms. The molecule has 1 amide bonds. The van der Waals surface area contributed by atoms with Crippen LogP contribution in [0.2, 0.25) is 0 Å². The Morgan fingerprint density at radius 2 is 1.90 bits per heavy atom. The van der Waals surface area contributed by atoms with E-state index in [0.717, 1.165) is 57.2 Å². The number of carbonyl (C=O) groups excluding carboxylic acids is 1. The van der Waals surface area contributed by atoms with Crippen molar-refractivity contribution in [2.24, 2.45) is 9.98 Å². The van der Waals surface area contributed by atoms with Gasteiger partial charge in [-0.05, 0) is 42.5 Å². The summed E-state index contributed by atoms with van der Waals surface area (Å²) >= 11 is 0. The van der Waals surface area contributed by atoms with Crippen molar-refractivity contribution in [1.29, 1.82) is 5.26 Å². The molecule has 3 N–H and O–H groups in total. The second kappa shape index (κ2) is 12.6. The van der Waals surface area contributed by atoms with Crippen molar-refractivity contribution in [3.8, 4) is 11.8 Å². The van der Waals surface area contributed by atoms with Crippen molar-refractivity contribution in [2.45, 2.75) is 6.04 Å². The van der Waals surface area contributed by atoms with E-state index in [1.54, 1.807) is 12.1 Å². The van der Waals surface area contributed by atoms with E-state index in [0.29, 0.717) is 55.4 Å². The topological polar surface area (TPSA) is 130 Å². The number of hydrogen-bond acceptors (Lipinski definition) is 11. The molecule has 3 fully saturated rings. The van der Waals surface area contributed by atoms with Gasteiger partial charge in [0.25, 0.3) is 0 Å². The number of nitriles is 1. The third-order valence-electron chi connectivity index (χ3n) is 7.80. The van der Waals surface area contributed by atoms with Gasteiger partial charge in [0, 0.05) is 62.8 Å². The number of anilines is 2. The molecule has 6 rings (SSSR count). The highest BCUT2D eigenvalue weighted by Crippen LogP contribution is 2.23. The van der Waals surface area contributed by atoms with Gasteiger partial charge in [-0.15, -0.1) is 0 Å². The Morgan fingerprint density at radius 1 is 1.07 bits per heavy atom. The molecule has 2 aromatic rings. The molecule has 0 saturated carbocycles. The smallest absolute Gasteiger partial charge is 0.234 e. The normalized spacial score (nSPS) is 20.2. The van der Waals surface area contributed by atoms with Crippen LogP contribution in [0.3, 0.4) is 0 Å². The zero-order valence-corrected chi connectivity index (χ0v) is 23.0. The number of amides is 1. The van der Waals surface area contributed by atoms with E-state index in [9.17, 15) is 10.1 Å². The summed E-state index contributed by atoms with van der Waals surface area (Å²) in [5.74, 6) is 1.78. The molecule has 2 aromatic carbocycles. The molecule has 0 spiro atoms. The maximum Gasteiger partial charge on any atom is 0.234 e. The molecule has 0 bridgehead atoms. The standard InChI is InChI=1S/C29H35N9O3/c30-16-22-15-21(1-6-26(22)41-14-13-36-8-7-31-27(39)17-36)28-32-20-33-29(35-28)34-23-2-4-24(5-3-23)37-9-11-38(12-10-37)25-18-40-19-25/h1-6,15,25H,7-14,17-20H2,(H,31,39)(H2,32,33,34,35). The highest BCUT2D eigenvalue weighted by atomic mass is 16.5. The predicted octanol–water partition coefficient (Wildman–Crippen LogP) is 0.665. The van der Waals surface area contributed by atoms with Gasteiger partial charge in [0.2, 0.25) is 11.9 Å². The second-order valence-corrected chi connectivity index (χ2v) is 10.5. The minimum Gasteiger partial charge on any atom is -0.491 e. The van der Waals surface area contributed by atoms with Gasteiger partial charge in [0.05, 0.1) is 31.4 Å². The van der Waals surface area contributed by atoms with Gasteiger partial charge in [-0.25, -0.2) is 9.98 Å². The number of guanidine groups is 1. The molecule has 0 aliphatic carbocycles. The average Bonchev–Trinajstić information content (AvgIpc) is 2.97. The number of amidine groups is 1. The Hall–Kier alpha value is -4.18. The Bertz CT molecular complexity index is 1340. The van der Waals surface area contributed by atoms with Crippen molar-refractivity contribution in [3.63, 3.8) is 0 Å². The van der Waals surface area contributed by atoms with Crippen LogP contribution >= 0.6 is 0 Å². The molecule has 0 aromatic heterocycles. The van der Waals surface area contributed by atoms with Crippen LogP contribution < -0.4 is 25.6 Å². The Labute approximate surface area is 239 Å². The first kappa shape index (κ1) is 27.0. The SMILES string of the molecule is N#Cc1cc(C2=NCN=C(Nc3ccc(N4CCN(C5COC5)CC4)cc3)N2)ccc1OCCN1CCNC(=O)C1. The van der Waals surface area contributed by atoms with Gasteiger partial charge in [-0.3, -0.25) is 14.6 Å². The van der Waals surface area contributed by atoms with Gasteiger partial charge in [0.15, 0.2) is 0 Å². The third-order valence-corrected chi connectivity index (χ3v) is 7.80. The molecular weight excluding hydrogens is 522 g/mol. The minimum absolute atomic E-state index is 0.0259. The molecule has 41 heavy (non-hydrogen) atoms. The lowest BCUT2D eigenvalue weighted by atomic mass is 10.1. The van der Waals surface area contributed by atoms with E-state index in [4.69, 9.17) is 9.47 Å². The molecule has 4 heterocycles. The number of carbonyl (C=O) groups is 1. The minimum atomic E-state index is 0.0259. The predicted molar refractivity (Wildman–Crippen MR) is 157 cm³/mol. The molecule has 4 aliphatic heterocycles. The summed E-state index contributed by atoms with van der Waals surface area (Å²) in [6, 6.07) is 16.7. The van der Waals surface area contributed by atoms with Gasteiger partial charge in [-0.1, -0.05) is 0 Å². The molecule has 0 unspecified atom stereocenters. The third kappa shape index (κ3) is 6.59. The van der Waals surface area contributed by atoms with Crippen LogP contribution in [0.1, 0.15) is 11.1 Å². The highest BCUT2D eigenvalue weighted by molar-refractivity contribution is 6.13. The molecule has 12 nitrogen and oxygen atoms in total. The summed E-state index contributed by atoms with van der Waals surface area (Å²) in [5, 5.41) is 19.1. The van der Waals surface area contributed by atoms with Crippen LogP contribution in [0.5, 0.6) is 5.75 Å². The van der Waals surface area contributed by atoms with Crippen LogP contribution in [-0.4, -0.2) is 112 Å². The van der Waals surface area contributed by atoms with E-state index in [1.807, 2.05) is 11.0 Å². The molecular formula is C29H35N9O3. The zero-order valence-electron chi connectivity index (χ0n) is 23.0. The second-order valence-electron chi connectivity index (χ2n) is 10.5. The van der Waals surface area contributed by atoms with E-state index in [-0.39, 0.29) is 12.6 Å². The van der Waals surface area contributed by atoms with Crippen molar-refractivity contribution >= 4 is 29.1 Å². The van der Waals surface area contributed by atoms with E-state index in [2.05, 4.69) is 66.1 Å². The number of nitrogens with zero attached hydrogens (tertiary/aromatic N) is 6. The van der Waals surface area contributed by atoms with Crippen LogP contribution in [0, 0.1) is 11.3 Å². The van der Waals surface area contributed by atoms with Gasteiger partial charge >= 0.3 is 0 Å². The maximum absolute atomic E-state index is 11.6. The largest absolute Gasteiger partial charge is 0.491 e. The monoisotopic (exact) mass is 557 g/mol. The summed E-state index contributed by atoms with van der Waals surface area (Å²) in [4.78, 5) is 27.5. The number of benzene rings is 2. The van der Waals surface area contributed by atoms with Gasteiger partial charge in [-0.2, -0.15) is 5.26 Å². The van der Waals surface area contributed by atoms with E-state index < -0.39 is 0 Å². The Balaban J connectivity index is 1.00. The summed E-state index contributed by atoms with van der Waals surface area (Å²) in [6.07, 6.45) is 0. The molecule has 0 atom stereocenters. The fraction of sp³-hybridized carbons (Fsp3) is 0.448. The molecule has 214 valence electrons. The zero-order chi connectivity index (χ0) is 28.0. The molecule has 4 aliphatic rings. The van der Waals surface area contributed by atoms with Crippen molar-refractivity contribution < 1.29 is 14.3 Å². The lowest BCUT2D eigenvalue weighted by molar-refractivity contribution is -0.124. The van der Waals surface area contributed by atoms with E-state index in [1.165, 1.54) is 5.69 Å². The number of hydrogen-bond donors (Lipinski definition) is 3. The molecule has 0 radical (unpaired) electrons. The number of ether oxygens (including phenoxy) is 2. The van der Waals surface area contributed by atoms with Crippen molar-refractivity contribution in [3.05, 3.63) is 53.6 Å². The number of aliphatic imine (C=N–C) groups is 2. The maximum atomic E-state index is 11.6. The summed E-state index contributed by atoms with van der Waals surface area (Å²) in [7, 11) is 0. The van der Waals surface area contributed by atoms with Crippen molar-refractivity contribution in [1.82, 2.24) is 20.4 Å². The van der Waals surface area contributed by atoms with Crippen LogP contribution in [0.25, 0.3) is 0 Å². The van der Waals surface area contributed by atoms with Crippen LogP contribution in [0.15, 0.2) is 52.4 Å². The average molecular weight is 558 g/mol. The van der Waals surface area contributed by atoms with Crippen LogP contribution in [-0.2, 0) is 9.53 Å². The fourth-order valence-electron chi connectivity index (χ4n) is 5.33. The summed E-state index contributed by atoms with van der Waals surface area (Å²) in [6.45, 7) is 9.00. The highest BCUT2D eigenvalue weighted by Gasteiger charge is 2.29. The quantitative estimate of drug-likeness (QED) is 0.429. The fourth-order valence-corrected chi connectivity index (χ4v) is 5.33. The summed E-state index contributed by atoms with van der Waals surface area (Å²) in [5.41, 5.74) is 3.35. The first-order chi connectivity index (χ1) is 20.1. The van der Waals surface area contributed by atoms with Gasteiger partial charge < -0.3 is 30.3 Å². The summed E-state index contributed by atoms with van der Waals surface area (Å²) < 4.78 is 11.2. The van der Waals surface area contributed by atoms with Crippen LogP contribution in [0.4, 0.5) is 11.4 Å². The van der Waals surface area contributed by atoms with Crippen molar-refractivity contribution in [2.75, 3.05) is 89.1 Å². The number of rotatable bonds is 8. The Morgan fingerprint density at radius 3 is 2.63 bits per heavy atom. The number of nitrogens with one attached hydrogen (secondary N) is 3. The molecule has 3 saturated heterocycles. The Kier molecular flexibility index (Phi) is 8.27. The van der Waals surface area contributed by atoms with Gasteiger partial charge in [0.1, 0.15) is 30.9 Å². The van der Waals surface area contributed by atoms with E-state index >= 15 is 0 Å². The first-order valence-corrected chi connectivity index (χ1v) is 14.1. The first-order valence-electron chi connectivity index (χ1n) is 14.1.